The van der Waals surface area contributed by atoms with Crippen LogP contribution in [-0.4, -0.2) is 37.8 Å². The van der Waals surface area contributed by atoms with Gasteiger partial charge in [0.15, 0.2) is 5.65 Å². The minimum Gasteiger partial charge on any atom is -0.494 e. The zero-order chi connectivity index (χ0) is 24.1. The van der Waals surface area contributed by atoms with Crippen molar-refractivity contribution in [2.75, 3.05) is 17.2 Å². The summed E-state index contributed by atoms with van der Waals surface area (Å²) in [5, 5.41) is 10.0. The van der Waals surface area contributed by atoms with Crippen LogP contribution in [0.4, 0.5) is 11.4 Å². The summed E-state index contributed by atoms with van der Waals surface area (Å²) in [6.45, 7) is 2.67. The van der Waals surface area contributed by atoms with Gasteiger partial charge < -0.3 is 15.4 Å². The molecule has 2 N–H and O–H groups in total. The van der Waals surface area contributed by atoms with Crippen LogP contribution in [-0.2, 0) is 18.4 Å². The summed E-state index contributed by atoms with van der Waals surface area (Å²) in [6.07, 6.45) is 2.97. The van der Waals surface area contributed by atoms with Gasteiger partial charge in [-0.05, 0) is 55.5 Å². The van der Waals surface area contributed by atoms with Crippen LogP contribution in [0.25, 0.3) is 11.0 Å². The van der Waals surface area contributed by atoms with E-state index in [9.17, 15) is 14.4 Å². The molecule has 0 bridgehead atoms. The fourth-order valence-electron chi connectivity index (χ4n) is 3.38. The fourth-order valence-corrected chi connectivity index (χ4v) is 3.38. The third-order valence-electron chi connectivity index (χ3n) is 5.15. The Morgan fingerprint density at radius 1 is 1.00 bits per heavy atom. The average molecular weight is 460 g/mol. The van der Waals surface area contributed by atoms with E-state index >= 15 is 0 Å². The molecule has 0 aliphatic carbocycles. The van der Waals surface area contributed by atoms with Crippen molar-refractivity contribution in [1.82, 2.24) is 19.3 Å². The maximum Gasteiger partial charge on any atom is 0.264 e. The summed E-state index contributed by atoms with van der Waals surface area (Å²) in [5.41, 5.74) is 1.91. The van der Waals surface area contributed by atoms with Crippen molar-refractivity contribution in [3.8, 4) is 5.75 Å². The van der Waals surface area contributed by atoms with Crippen LogP contribution in [0.2, 0.25) is 0 Å². The number of nitrogens with zero attached hydrogens (tertiary/aromatic N) is 4. The van der Waals surface area contributed by atoms with Crippen LogP contribution in [0.5, 0.6) is 5.75 Å². The highest BCUT2D eigenvalue weighted by Gasteiger charge is 2.11. The van der Waals surface area contributed by atoms with Crippen molar-refractivity contribution >= 4 is 34.2 Å². The number of amides is 2. The van der Waals surface area contributed by atoms with E-state index in [-0.39, 0.29) is 30.3 Å². The molecule has 0 saturated heterocycles. The molecule has 0 aliphatic heterocycles. The lowest BCUT2D eigenvalue weighted by molar-refractivity contribution is -0.116. The first kappa shape index (κ1) is 22.7. The molecule has 4 rings (SSSR count). The summed E-state index contributed by atoms with van der Waals surface area (Å²) in [6, 6.07) is 13.7. The molecule has 2 amide bonds. The van der Waals surface area contributed by atoms with Gasteiger partial charge in [-0.25, -0.2) is 4.98 Å². The molecule has 10 heteroatoms. The number of anilines is 2. The van der Waals surface area contributed by atoms with E-state index < -0.39 is 0 Å². The summed E-state index contributed by atoms with van der Waals surface area (Å²) >= 11 is 0. The summed E-state index contributed by atoms with van der Waals surface area (Å²) in [4.78, 5) is 41.5. The molecule has 0 spiro atoms. The average Bonchev–Trinajstić information content (AvgIpc) is 3.22. The highest BCUT2D eigenvalue weighted by molar-refractivity contribution is 6.04. The molecule has 34 heavy (non-hydrogen) atoms. The molecule has 174 valence electrons. The van der Waals surface area contributed by atoms with Gasteiger partial charge >= 0.3 is 0 Å². The number of carbonyl (C=O) groups is 2. The number of hydrogen-bond donors (Lipinski definition) is 2. The Hall–Kier alpha value is -4.47. The molecule has 0 unspecified atom stereocenters. The number of aromatic nitrogens is 4. The van der Waals surface area contributed by atoms with E-state index in [2.05, 4.69) is 20.7 Å². The molecule has 10 nitrogen and oxygen atoms in total. The van der Waals surface area contributed by atoms with Gasteiger partial charge in [0.2, 0.25) is 5.91 Å². The van der Waals surface area contributed by atoms with Gasteiger partial charge in [0.05, 0.1) is 19.1 Å². The number of benzene rings is 2. The molecule has 2 aromatic carbocycles. The second-order valence-electron chi connectivity index (χ2n) is 7.54. The van der Waals surface area contributed by atoms with Crippen molar-refractivity contribution in [2.24, 2.45) is 7.05 Å². The van der Waals surface area contributed by atoms with E-state index in [1.165, 1.54) is 21.8 Å². The van der Waals surface area contributed by atoms with Crippen LogP contribution in [0.1, 0.15) is 23.7 Å². The number of carbonyl (C=O) groups excluding carboxylic acids is 2. The normalized spacial score (nSPS) is 10.8. The molecular formula is C24H24N6O4. The van der Waals surface area contributed by atoms with Crippen LogP contribution >= 0.6 is 0 Å². The van der Waals surface area contributed by atoms with Crippen LogP contribution in [0.15, 0.2) is 65.8 Å². The first-order chi connectivity index (χ1) is 16.4. The SMILES string of the molecule is CCOc1ccc(NC(=O)c2ccc(NC(=O)CCn3cnc4c(cnn4C)c3=O)cc2)cc1. The number of hydrogen-bond acceptors (Lipinski definition) is 6. The van der Waals surface area contributed by atoms with Gasteiger partial charge in [-0.2, -0.15) is 5.10 Å². The zero-order valence-corrected chi connectivity index (χ0v) is 18.8. The molecular weight excluding hydrogens is 436 g/mol. The number of aryl methyl sites for hydroxylation is 2. The number of fused-ring (bicyclic) bond motifs is 1. The lowest BCUT2D eigenvalue weighted by Gasteiger charge is -2.09. The molecule has 0 radical (unpaired) electrons. The van der Waals surface area contributed by atoms with Crippen molar-refractivity contribution in [1.29, 1.82) is 0 Å². The highest BCUT2D eigenvalue weighted by atomic mass is 16.5. The zero-order valence-electron chi connectivity index (χ0n) is 18.8. The van der Waals surface area contributed by atoms with E-state index in [1.807, 2.05) is 6.92 Å². The largest absolute Gasteiger partial charge is 0.494 e. The van der Waals surface area contributed by atoms with Crippen molar-refractivity contribution in [2.45, 2.75) is 19.9 Å². The molecule has 2 heterocycles. The Labute approximate surface area is 195 Å². The second kappa shape index (κ2) is 9.99. The summed E-state index contributed by atoms with van der Waals surface area (Å²) < 4.78 is 8.30. The van der Waals surface area contributed by atoms with Crippen molar-refractivity contribution in [3.05, 3.63) is 77.0 Å². The minimum atomic E-state index is -0.264. The third kappa shape index (κ3) is 5.12. The van der Waals surface area contributed by atoms with Gasteiger partial charge in [-0.15, -0.1) is 0 Å². The lowest BCUT2D eigenvalue weighted by atomic mass is 10.2. The predicted octanol–water partition coefficient (Wildman–Crippen LogP) is 2.81. The standard InChI is InChI=1S/C24H24N6O4/c1-3-34-19-10-8-18(9-11-19)28-23(32)16-4-6-17(7-5-16)27-21(31)12-13-30-15-25-22-20(24(30)33)14-26-29(22)2/h4-11,14-15H,3,12-13H2,1-2H3,(H,27,31)(H,28,32). The minimum absolute atomic E-state index is 0.0906. The highest BCUT2D eigenvalue weighted by Crippen LogP contribution is 2.17. The molecule has 4 aromatic rings. The first-order valence-electron chi connectivity index (χ1n) is 10.8. The van der Waals surface area contributed by atoms with E-state index in [0.717, 1.165) is 5.75 Å². The van der Waals surface area contributed by atoms with Crippen LogP contribution in [0, 0.1) is 0 Å². The molecule has 0 aliphatic rings. The molecule has 2 aromatic heterocycles. The van der Waals surface area contributed by atoms with E-state index in [1.54, 1.807) is 55.6 Å². The van der Waals surface area contributed by atoms with Crippen molar-refractivity contribution in [3.63, 3.8) is 0 Å². The van der Waals surface area contributed by atoms with Gasteiger partial charge in [-0.3, -0.25) is 23.6 Å². The van der Waals surface area contributed by atoms with Crippen LogP contribution < -0.4 is 20.9 Å². The number of rotatable bonds is 8. The second-order valence-corrected chi connectivity index (χ2v) is 7.54. The van der Waals surface area contributed by atoms with Gasteiger partial charge in [0.1, 0.15) is 11.1 Å². The number of nitrogens with one attached hydrogen (secondary N) is 2. The Morgan fingerprint density at radius 2 is 1.68 bits per heavy atom. The molecule has 0 atom stereocenters. The van der Waals surface area contributed by atoms with Crippen molar-refractivity contribution < 1.29 is 14.3 Å². The summed E-state index contributed by atoms with van der Waals surface area (Å²) in [7, 11) is 1.71. The van der Waals surface area contributed by atoms with Gasteiger partial charge in [-0.1, -0.05) is 0 Å². The molecule has 0 fully saturated rings. The Bertz CT molecular complexity index is 1370. The lowest BCUT2D eigenvalue weighted by Crippen LogP contribution is -2.23. The predicted molar refractivity (Wildman–Crippen MR) is 128 cm³/mol. The Morgan fingerprint density at radius 3 is 2.38 bits per heavy atom. The van der Waals surface area contributed by atoms with Gasteiger partial charge in [0.25, 0.3) is 11.5 Å². The number of ether oxygens (including phenoxy) is 1. The Balaban J connectivity index is 1.31. The topological polar surface area (TPSA) is 120 Å². The third-order valence-corrected chi connectivity index (χ3v) is 5.15. The maximum absolute atomic E-state index is 12.5. The maximum atomic E-state index is 12.5. The van der Waals surface area contributed by atoms with Crippen LogP contribution in [0.3, 0.4) is 0 Å². The van der Waals surface area contributed by atoms with Gasteiger partial charge in [0, 0.05) is 37.0 Å². The smallest absolute Gasteiger partial charge is 0.264 e. The summed E-state index contributed by atoms with van der Waals surface area (Å²) in [5.74, 6) is 0.212. The fraction of sp³-hybridized carbons (Fsp3) is 0.208. The van der Waals surface area contributed by atoms with E-state index in [0.29, 0.717) is 34.6 Å². The van der Waals surface area contributed by atoms with E-state index in [4.69, 9.17) is 4.74 Å². The monoisotopic (exact) mass is 460 g/mol. The first-order valence-corrected chi connectivity index (χ1v) is 10.8. The quantitative estimate of drug-likeness (QED) is 0.417. The Kier molecular flexibility index (Phi) is 6.67. The molecule has 0 saturated carbocycles.